The molecule has 0 saturated heterocycles. The third kappa shape index (κ3) is 5.10. The van der Waals surface area contributed by atoms with Crippen molar-refractivity contribution in [3.8, 4) is 5.75 Å². The first kappa shape index (κ1) is 19.4. The van der Waals surface area contributed by atoms with Crippen molar-refractivity contribution in [1.82, 2.24) is 4.98 Å². The van der Waals surface area contributed by atoms with Gasteiger partial charge in [0.05, 0.1) is 30.3 Å². The molecule has 1 aromatic carbocycles. The van der Waals surface area contributed by atoms with Crippen molar-refractivity contribution < 1.29 is 19.1 Å². The van der Waals surface area contributed by atoms with Crippen LogP contribution >= 0.6 is 11.3 Å². The van der Waals surface area contributed by atoms with Gasteiger partial charge in [-0.25, -0.2) is 9.98 Å². The maximum Gasteiger partial charge on any atom is 0.269 e. The number of dihydropyridines is 1. The van der Waals surface area contributed by atoms with Crippen LogP contribution in [0.25, 0.3) is 0 Å². The Kier molecular flexibility index (Phi) is 6.28. The standard InChI is InChI=1S/C19H18N4O4S/c1-2-27-15-6-4-3-5-14(15)22-17(25)9-13-11-28-19(21-13)23-18(26)12-7-8-16(24)20-10-12/h3-8,10-12H,2,9H2,1H3,(H,22,25)(H,21,23,26). The molecule has 28 heavy (non-hydrogen) atoms. The predicted molar refractivity (Wildman–Crippen MR) is 107 cm³/mol. The number of carbonyl (C=O) groups excluding carboxylic acids is 3. The molecule has 1 aromatic heterocycles. The molecule has 3 amide bonds. The summed E-state index contributed by atoms with van der Waals surface area (Å²) in [5, 5.41) is 7.55. The van der Waals surface area contributed by atoms with Gasteiger partial charge in [-0.1, -0.05) is 18.2 Å². The van der Waals surface area contributed by atoms with Crippen LogP contribution in [0.3, 0.4) is 0 Å². The van der Waals surface area contributed by atoms with Gasteiger partial charge in [0.1, 0.15) is 5.75 Å². The van der Waals surface area contributed by atoms with Crippen molar-refractivity contribution in [2.45, 2.75) is 13.3 Å². The molecular formula is C19H18N4O4S. The van der Waals surface area contributed by atoms with Crippen LogP contribution in [-0.2, 0) is 20.8 Å². The fraction of sp³-hybridized carbons (Fsp3) is 0.211. The number of aromatic nitrogens is 1. The van der Waals surface area contributed by atoms with Crippen LogP contribution in [0.5, 0.6) is 5.75 Å². The summed E-state index contributed by atoms with van der Waals surface area (Å²) in [6.45, 7) is 2.37. The number of ether oxygens (including phenoxy) is 1. The zero-order valence-corrected chi connectivity index (χ0v) is 15.9. The lowest BCUT2D eigenvalue weighted by molar-refractivity contribution is -0.117. The highest BCUT2D eigenvalue weighted by Crippen LogP contribution is 2.24. The normalized spacial score (nSPS) is 15.3. The third-order valence-electron chi connectivity index (χ3n) is 3.70. The van der Waals surface area contributed by atoms with E-state index in [-0.39, 0.29) is 18.2 Å². The van der Waals surface area contributed by atoms with E-state index in [1.54, 1.807) is 17.5 Å². The first-order chi connectivity index (χ1) is 13.5. The van der Waals surface area contributed by atoms with E-state index in [9.17, 15) is 14.4 Å². The van der Waals surface area contributed by atoms with Crippen LogP contribution in [-0.4, -0.2) is 35.5 Å². The molecule has 0 fully saturated rings. The topological polar surface area (TPSA) is 110 Å². The van der Waals surface area contributed by atoms with Crippen molar-refractivity contribution in [3.05, 3.63) is 47.5 Å². The first-order valence-electron chi connectivity index (χ1n) is 8.58. The number of benzene rings is 1. The molecule has 2 N–H and O–H groups in total. The Labute approximate surface area is 165 Å². The predicted octanol–water partition coefficient (Wildman–Crippen LogP) is 2.44. The number of nitrogens with one attached hydrogen (secondary N) is 2. The number of hydrogen-bond acceptors (Lipinski definition) is 6. The second-order valence-corrected chi connectivity index (χ2v) is 6.65. The van der Waals surface area contributed by atoms with Gasteiger partial charge in [0, 0.05) is 17.7 Å². The van der Waals surface area contributed by atoms with Gasteiger partial charge in [-0.2, -0.15) is 0 Å². The fourth-order valence-corrected chi connectivity index (χ4v) is 3.15. The third-order valence-corrected chi connectivity index (χ3v) is 4.50. The van der Waals surface area contributed by atoms with Gasteiger partial charge in [-0.05, 0) is 19.1 Å². The maximum absolute atomic E-state index is 12.3. The molecule has 0 aliphatic carbocycles. The maximum atomic E-state index is 12.3. The number of para-hydroxylation sites is 2. The molecule has 0 spiro atoms. The molecule has 1 aliphatic rings. The van der Waals surface area contributed by atoms with Gasteiger partial charge in [-0.15, -0.1) is 11.3 Å². The molecule has 1 unspecified atom stereocenters. The van der Waals surface area contributed by atoms with Crippen LogP contribution in [0.15, 0.2) is 46.8 Å². The highest BCUT2D eigenvalue weighted by atomic mass is 32.1. The fourth-order valence-electron chi connectivity index (χ4n) is 2.43. The Balaban J connectivity index is 1.56. The molecule has 3 rings (SSSR count). The molecule has 2 heterocycles. The molecule has 0 radical (unpaired) electrons. The van der Waals surface area contributed by atoms with Crippen molar-refractivity contribution in [1.29, 1.82) is 0 Å². The van der Waals surface area contributed by atoms with Crippen LogP contribution < -0.4 is 15.4 Å². The van der Waals surface area contributed by atoms with E-state index in [0.717, 1.165) is 0 Å². The summed E-state index contributed by atoms with van der Waals surface area (Å²) < 4.78 is 5.49. The number of thiazole rings is 1. The van der Waals surface area contributed by atoms with Crippen molar-refractivity contribution >= 4 is 46.1 Å². The average molecular weight is 398 g/mol. The number of amides is 3. The van der Waals surface area contributed by atoms with Crippen LogP contribution in [0.1, 0.15) is 12.6 Å². The molecule has 0 bridgehead atoms. The smallest absolute Gasteiger partial charge is 0.269 e. The zero-order valence-electron chi connectivity index (χ0n) is 15.0. The van der Waals surface area contributed by atoms with E-state index < -0.39 is 11.8 Å². The Morgan fingerprint density at radius 2 is 2.07 bits per heavy atom. The van der Waals surface area contributed by atoms with E-state index in [2.05, 4.69) is 20.6 Å². The number of carbonyl (C=O) groups is 3. The lowest BCUT2D eigenvalue weighted by Gasteiger charge is -2.10. The number of aliphatic imine (C=N–C) groups is 1. The molecule has 1 atom stereocenters. The summed E-state index contributed by atoms with van der Waals surface area (Å²) in [6, 6.07) is 7.19. The SMILES string of the molecule is CCOc1ccccc1NC(=O)Cc1csc(NC(=O)C2C=CC(=O)N=C2)n1. The van der Waals surface area contributed by atoms with Crippen molar-refractivity contribution in [3.63, 3.8) is 0 Å². The lowest BCUT2D eigenvalue weighted by Crippen LogP contribution is -2.24. The number of anilines is 2. The molecule has 8 nitrogen and oxygen atoms in total. The number of hydrogen-bond donors (Lipinski definition) is 2. The van der Waals surface area contributed by atoms with Crippen LogP contribution in [0.2, 0.25) is 0 Å². The van der Waals surface area contributed by atoms with Crippen LogP contribution in [0.4, 0.5) is 10.8 Å². The van der Waals surface area contributed by atoms with Gasteiger partial charge < -0.3 is 15.4 Å². The summed E-state index contributed by atoms with van der Waals surface area (Å²) in [6.07, 6.45) is 4.08. The molecule has 2 aromatic rings. The molecule has 0 saturated carbocycles. The summed E-state index contributed by atoms with van der Waals surface area (Å²) in [4.78, 5) is 43.3. The second-order valence-electron chi connectivity index (χ2n) is 5.79. The summed E-state index contributed by atoms with van der Waals surface area (Å²) >= 11 is 1.22. The van der Waals surface area contributed by atoms with Crippen LogP contribution in [0, 0.1) is 5.92 Å². The molecule has 1 aliphatic heterocycles. The van der Waals surface area contributed by atoms with Gasteiger partial charge in [-0.3, -0.25) is 14.4 Å². The molecular weight excluding hydrogens is 380 g/mol. The van der Waals surface area contributed by atoms with E-state index in [4.69, 9.17) is 4.74 Å². The minimum absolute atomic E-state index is 0.0616. The molecule has 144 valence electrons. The lowest BCUT2D eigenvalue weighted by atomic mass is 10.1. The second kappa shape index (κ2) is 9.05. The van der Waals surface area contributed by atoms with Gasteiger partial charge in [0.15, 0.2) is 5.13 Å². The number of rotatable bonds is 7. The minimum atomic E-state index is -0.622. The zero-order chi connectivity index (χ0) is 19.9. The molecule has 9 heteroatoms. The minimum Gasteiger partial charge on any atom is -0.492 e. The highest BCUT2D eigenvalue weighted by Gasteiger charge is 2.18. The van der Waals surface area contributed by atoms with Crippen molar-refractivity contribution in [2.24, 2.45) is 10.9 Å². The quantitative estimate of drug-likeness (QED) is 0.744. The number of nitrogens with zero attached hydrogens (tertiary/aromatic N) is 2. The Morgan fingerprint density at radius 3 is 2.82 bits per heavy atom. The summed E-state index contributed by atoms with van der Waals surface area (Å²) in [5.41, 5.74) is 1.13. The summed E-state index contributed by atoms with van der Waals surface area (Å²) in [7, 11) is 0. The Morgan fingerprint density at radius 1 is 1.25 bits per heavy atom. The largest absolute Gasteiger partial charge is 0.492 e. The Bertz CT molecular complexity index is 935. The van der Waals surface area contributed by atoms with E-state index in [0.29, 0.717) is 28.9 Å². The van der Waals surface area contributed by atoms with E-state index in [1.807, 2.05) is 19.1 Å². The van der Waals surface area contributed by atoms with Gasteiger partial charge in [0.25, 0.3) is 5.91 Å². The van der Waals surface area contributed by atoms with E-state index >= 15 is 0 Å². The highest BCUT2D eigenvalue weighted by molar-refractivity contribution is 7.14. The van der Waals surface area contributed by atoms with Gasteiger partial charge in [0.2, 0.25) is 11.8 Å². The van der Waals surface area contributed by atoms with E-state index in [1.165, 1.54) is 29.7 Å². The Hall–Kier alpha value is -3.33. The summed E-state index contributed by atoms with van der Waals surface area (Å²) in [5.74, 6) is -0.995. The monoisotopic (exact) mass is 398 g/mol. The average Bonchev–Trinajstić information content (AvgIpc) is 3.10. The van der Waals surface area contributed by atoms with Gasteiger partial charge >= 0.3 is 0 Å². The first-order valence-corrected chi connectivity index (χ1v) is 9.46. The van der Waals surface area contributed by atoms with Crippen molar-refractivity contribution in [2.75, 3.05) is 17.2 Å².